The van der Waals surface area contributed by atoms with Gasteiger partial charge >= 0.3 is 5.97 Å². The molecule has 2 aromatic rings. The molecule has 0 saturated heterocycles. The van der Waals surface area contributed by atoms with E-state index in [0.717, 1.165) is 38.5 Å². The maximum atomic E-state index is 12.5. The van der Waals surface area contributed by atoms with Crippen molar-refractivity contribution in [1.29, 1.82) is 0 Å². The van der Waals surface area contributed by atoms with Crippen molar-refractivity contribution >= 4 is 23.4 Å². The van der Waals surface area contributed by atoms with Gasteiger partial charge in [-0.05, 0) is 85.3 Å². The molecule has 0 heterocycles. The van der Waals surface area contributed by atoms with Crippen molar-refractivity contribution in [3.05, 3.63) is 58.1 Å². The zero-order valence-electron chi connectivity index (χ0n) is 17.0. The molecule has 2 fully saturated rings. The van der Waals surface area contributed by atoms with E-state index in [0.29, 0.717) is 29.3 Å². The molecule has 0 bridgehead atoms. The number of carbonyl (C=O) groups excluding carboxylic acids is 2. The van der Waals surface area contributed by atoms with E-state index in [4.69, 9.17) is 16.3 Å². The first-order chi connectivity index (χ1) is 14.4. The smallest absolute Gasteiger partial charge is 0.345 e. The van der Waals surface area contributed by atoms with Crippen LogP contribution < -0.4 is 4.74 Å². The Kier molecular flexibility index (Phi) is 4.66. The fourth-order valence-electron chi connectivity index (χ4n) is 6.23. The number of fused-ring (bicyclic) bond motifs is 5. The third kappa shape index (κ3) is 2.96. The number of hydrogen-bond acceptors (Lipinski definition) is 4. The highest BCUT2D eigenvalue weighted by Gasteiger charge is 2.54. The predicted octanol–water partition coefficient (Wildman–Crippen LogP) is 5.69. The van der Waals surface area contributed by atoms with Crippen molar-refractivity contribution in [3.63, 3.8) is 0 Å². The van der Waals surface area contributed by atoms with Crippen molar-refractivity contribution < 1.29 is 19.4 Å². The molecule has 4 atom stereocenters. The second kappa shape index (κ2) is 7.12. The normalized spacial score (nSPS) is 29.7. The largest absolute Gasteiger partial charge is 0.506 e. The Balaban J connectivity index is 1.38. The number of rotatable bonds is 2. The van der Waals surface area contributed by atoms with Crippen LogP contribution in [0.2, 0.25) is 5.02 Å². The lowest BCUT2D eigenvalue weighted by Crippen LogP contribution is -2.42. The highest BCUT2D eigenvalue weighted by atomic mass is 35.5. The summed E-state index contributed by atoms with van der Waals surface area (Å²) < 4.78 is 5.56. The number of Topliss-reactive ketones (excluding diaryl/α,β-unsaturated/α-hetero) is 1. The molecule has 0 aliphatic heterocycles. The number of halogens is 1. The van der Waals surface area contributed by atoms with Gasteiger partial charge in [-0.25, -0.2) is 4.79 Å². The summed E-state index contributed by atoms with van der Waals surface area (Å²) in [4.78, 5) is 25.0. The van der Waals surface area contributed by atoms with Crippen molar-refractivity contribution in [2.24, 2.45) is 17.3 Å². The molecule has 0 unspecified atom stereocenters. The Labute approximate surface area is 181 Å². The maximum Gasteiger partial charge on any atom is 0.345 e. The molecule has 2 saturated carbocycles. The SMILES string of the molecule is C[C@]12CC[C@@H]3c4ccc(OC(=O)c5cccc(O)c5Cl)cc4CC[C@H]3[C@@H]1CCC2=O. The highest BCUT2D eigenvalue weighted by molar-refractivity contribution is 6.35. The summed E-state index contributed by atoms with van der Waals surface area (Å²) in [6.45, 7) is 2.19. The van der Waals surface area contributed by atoms with Gasteiger partial charge in [-0.1, -0.05) is 30.7 Å². The number of carbonyl (C=O) groups is 2. The molecule has 1 N–H and O–H groups in total. The Morgan fingerprint density at radius 2 is 2.00 bits per heavy atom. The summed E-state index contributed by atoms with van der Waals surface area (Å²) in [5.74, 6) is 1.80. The zero-order valence-corrected chi connectivity index (χ0v) is 17.7. The number of aryl methyl sites for hydroxylation is 1. The van der Waals surface area contributed by atoms with Crippen LogP contribution >= 0.6 is 11.6 Å². The summed E-state index contributed by atoms with van der Waals surface area (Å²) in [7, 11) is 0. The lowest BCUT2D eigenvalue weighted by atomic mass is 9.55. The van der Waals surface area contributed by atoms with E-state index in [9.17, 15) is 14.7 Å². The van der Waals surface area contributed by atoms with Crippen LogP contribution in [-0.2, 0) is 11.2 Å². The Hall–Kier alpha value is -2.33. The first-order valence-electron chi connectivity index (χ1n) is 10.7. The molecular formula is C25H25ClO4. The molecule has 0 amide bonds. The minimum Gasteiger partial charge on any atom is -0.506 e. The number of benzene rings is 2. The Bertz CT molecular complexity index is 1050. The van der Waals surface area contributed by atoms with Crippen molar-refractivity contribution in [2.75, 3.05) is 0 Å². The lowest BCUT2D eigenvalue weighted by Gasteiger charge is -2.48. The number of ether oxygens (including phenoxy) is 1. The van der Waals surface area contributed by atoms with Crippen LogP contribution in [0.25, 0.3) is 0 Å². The third-order valence-electron chi connectivity index (χ3n) is 7.82. The van der Waals surface area contributed by atoms with Crippen LogP contribution in [0, 0.1) is 17.3 Å². The summed E-state index contributed by atoms with van der Waals surface area (Å²) in [6, 6.07) is 10.4. The van der Waals surface area contributed by atoms with Gasteiger partial charge in [0.2, 0.25) is 0 Å². The Morgan fingerprint density at radius 1 is 1.17 bits per heavy atom. The fourth-order valence-corrected chi connectivity index (χ4v) is 6.44. The number of esters is 1. The highest BCUT2D eigenvalue weighted by Crippen LogP contribution is 2.59. The second-order valence-electron chi connectivity index (χ2n) is 9.22. The predicted molar refractivity (Wildman–Crippen MR) is 114 cm³/mol. The van der Waals surface area contributed by atoms with Gasteiger partial charge in [0.25, 0.3) is 0 Å². The van der Waals surface area contributed by atoms with Gasteiger partial charge in [-0.3, -0.25) is 4.79 Å². The standard InChI is InChI=1S/C25H25ClO4/c1-25-12-11-17-16-8-6-15(30-24(29)19-3-2-4-21(27)23(19)26)13-14(16)5-7-18(17)20(25)9-10-22(25)28/h2-4,6,8,13,17-18,20,27H,5,7,9-12H2,1H3/t17-,18-,20+,25+/m1/s1. The molecule has 5 heteroatoms. The molecule has 0 aromatic heterocycles. The van der Waals surface area contributed by atoms with Gasteiger partial charge in [-0.2, -0.15) is 0 Å². The van der Waals surface area contributed by atoms with E-state index < -0.39 is 5.97 Å². The average molecular weight is 425 g/mol. The number of phenolic OH excluding ortho intramolecular Hbond substituents is 1. The zero-order chi connectivity index (χ0) is 21.0. The molecule has 0 radical (unpaired) electrons. The average Bonchev–Trinajstić information content (AvgIpc) is 3.04. The van der Waals surface area contributed by atoms with Crippen molar-refractivity contribution in [3.8, 4) is 11.5 Å². The van der Waals surface area contributed by atoms with E-state index in [-0.39, 0.29) is 21.8 Å². The van der Waals surface area contributed by atoms with Crippen LogP contribution in [0.5, 0.6) is 11.5 Å². The fraction of sp³-hybridized carbons (Fsp3) is 0.440. The second-order valence-corrected chi connectivity index (χ2v) is 9.60. The van der Waals surface area contributed by atoms with Crippen LogP contribution in [0.1, 0.15) is 66.4 Å². The van der Waals surface area contributed by atoms with Gasteiger partial charge in [-0.15, -0.1) is 0 Å². The molecule has 2 aromatic carbocycles. The minimum absolute atomic E-state index is 0.000308. The first-order valence-corrected chi connectivity index (χ1v) is 11.1. The summed E-state index contributed by atoms with van der Waals surface area (Å²) in [5, 5.41) is 9.72. The lowest BCUT2D eigenvalue weighted by molar-refractivity contribution is -0.129. The van der Waals surface area contributed by atoms with E-state index in [1.54, 1.807) is 6.07 Å². The monoisotopic (exact) mass is 424 g/mol. The first kappa shape index (κ1) is 19.6. The number of hydrogen-bond donors (Lipinski definition) is 1. The molecule has 3 aliphatic carbocycles. The minimum atomic E-state index is -0.581. The Morgan fingerprint density at radius 3 is 2.83 bits per heavy atom. The molecule has 3 aliphatic rings. The summed E-state index contributed by atoms with van der Waals surface area (Å²) in [6.07, 6.45) is 5.82. The number of aromatic hydroxyl groups is 1. The van der Waals surface area contributed by atoms with Gasteiger partial charge in [0, 0.05) is 11.8 Å². The van der Waals surface area contributed by atoms with Gasteiger partial charge < -0.3 is 9.84 Å². The van der Waals surface area contributed by atoms with Crippen LogP contribution in [0.15, 0.2) is 36.4 Å². The molecule has 4 nitrogen and oxygen atoms in total. The van der Waals surface area contributed by atoms with Gasteiger partial charge in [0.1, 0.15) is 17.3 Å². The van der Waals surface area contributed by atoms with Gasteiger partial charge in [0.15, 0.2) is 0 Å². The third-order valence-corrected chi connectivity index (χ3v) is 8.21. The van der Waals surface area contributed by atoms with E-state index in [1.165, 1.54) is 23.3 Å². The maximum absolute atomic E-state index is 12.5. The van der Waals surface area contributed by atoms with Crippen LogP contribution in [0.3, 0.4) is 0 Å². The van der Waals surface area contributed by atoms with E-state index in [1.807, 2.05) is 12.1 Å². The quantitative estimate of drug-likeness (QED) is 0.496. The van der Waals surface area contributed by atoms with Gasteiger partial charge in [0.05, 0.1) is 10.6 Å². The summed E-state index contributed by atoms with van der Waals surface area (Å²) in [5.41, 5.74) is 2.61. The van der Waals surface area contributed by atoms with Crippen LogP contribution in [0.4, 0.5) is 0 Å². The number of ketones is 1. The van der Waals surface area contributed by atoms with E-state index in [2.05, 4.69) is 13.0 Å². The molecule has 156 valence electrons. The topological polar surface area (TPSA) is 63.6 Å². The molecule has 0 spiro atoms. The van der Waals surface area contributed by atoms with Crippen LogP contribution in [-0.4, -0.2) is 16.9 Å². The van der Waals surface area contributed by atoms with E-state index >= 15 is 0 Å². The van der Waals surface area contributed by atoms with Crippen molar-refractivity contribution in [1.82, 2.24) is 0 Å². The number of phenols is 1. The summed E-state index contributed by atoms with van der Waals surface area (Å²) >= 11 is 6.04. The molecule has 30 heavy (non-hydrogen) atoms. The molecular weight excluding hydrogens is 400 g/mol. The molecule has 5 rings (SSSR count). The van der Waals surface area contributed by atoms with Crippen molar-refractivity contribution in [2.45, 2.75) is 51.4 Å².